The molecule has 1 saturated carbocycles. The molecule has 3 heterocycles. The molecule has 3 aromatic heterocycles. The molecule has 1 atom stereocenters. The lowest BCUT2D eigenvalue weighted by Crippen LogP contribution is -2.32. The summed E-state index contributed by atoms with van der Waals surface area (Å²) in [6, 6.07) is 4.28. The fourth-order valence-corrected chi connectivity index (χ4v) is 3.96. The first-order valence-electron chi connectivity index (χ1n) is 8.93. The van der Waals surface area contributed by atoms with Crippen LogP contribution in [-0.2, 0) is 7.05 Å². The Morgan fingerprint density at radius 2 is 2.19 bits per heavy atom. The van der Waals surface area contributed by atoms with Crippen molar-refractivity contribution in [1.29, 1.82) is 0 Å². The van der Waals surface area contributed by atoms with E-state index in [1.807, 2.05) is 30.1 Å². The first-order valence-corrected chi connectivity index (χ1v) is 8.93. The quantitative estimate of drug-likeness (QED) is 0.755. The van der Waals surface area contributed by atoms with Crippen molar-refractivity contribution in [2.75, 3.05) is 5.32 Å². The fourth-order valence-electron chi connectivity index (χ4n) is 3.96. The van der Waals surface area contributed by atoms with E-state index in [2.05, 4.69) is 29.4 Å². The van der Waals surface area contributed by atoms with Crippen LogP contribution in [0.25, 0.3) is 16.8 Å². The number of aryl methyl sites for hydroxylation is 1. The lowest BCUT2D eigenvalue weighted by Gasteiger charge is -2.29. The van der Waals surface area contributed by atoms with Gasteiger partial charge in [-0.1, -0.05) is 20.3 Å². The van der Waals surface area contributed by atoms with Gasteiger partial charge in [-0.25, -0.2) is 4.52 Å². The molecule has 26 heavy (non-hydrogen) atoms. The van der Waals surface area contributed by atoms with E-state index in [9.17, 15) is 4.79 Å². The normalized spacial score (nSPS) is 19.1. The standard InChI is InChI=1S/C19H24N6O/c1-19(2)7-4-5-16(19)23-17-13(18(20)26)10-22-25-11-12(9-15(17)25)14-6-8-21-24(14)3/h6,8-11,16,23H,4-5,7H2,1-3H3,(H2,20,26). The number of carbonyl (C=O) groups excluding carboxylic acids is 1. The SMILES string of the molecule is Cn1nccc1-c1cc2c(NC3CCCC3(C)C)c(C(N)=O)cnn2c1. The highest BCUT2D eigenvalue weighted by Crippen LogP contribution is 2.40. The number of nitrogens with zero attached hydrogens (tertiary/aromatic N) is 4. The maximum Gasteiger partial charge on any atom is 0.252 e. The van der Waals surface area contributed by atoms with Gasteiger partial charge in [0.2, 0.25) is 0 Å². The van der Waals surface area contributed by atoms with Gasteiger partial charge in [-0.15, -0.1) is 0 Å². The maximum absolute atomic E-state index is 12.0. The molecule has 7 heteroatoms. The van der Waals surface area contributed by atoms with Gasteiger partial charge in [-0.3, -0.25) is 9.48 Å². The second kappa shape index (κ2) is 5.86. The van der Waals surface area contributed by atoms with Gasteiger partial charge in [0.1, 0.15) is 0 Å². The molecule has 0 aromatic carbocycles. The molecule has 4 rings (SSSR count). The molecule has 0 bridgehead atoms. The molecule has 1 aliphatic rings. The van der Waals surface area contributed by atoms with Gasteiger partial charge < -0.3 is 11.1 Å². The van der Waals surface area contributed by atoms with E-state index in [1.165, 1.54) is 12.8 Å². The number of aromatic nitrogens is 4. The molecular weight excluding hydrogens is 328 g/mol. The van der Waals surface area contributed by atoms with Crippen LogP contribution >= 0.6 is 0 Å². The Morgan fingerprint density at radius 1 is 1.38 bits per heavy atom. The van der Waals surface area contributed by atoms with Crippen molar-refractivity contribution in [3.63, 3.8) is 0 Å². The van der Waals surface area contributed by atoms with Gasteiger partial charge in [-0.05, 0) is 30.4 Å². The number of primary amides is 1. The lowest BCUT2D eigenvalue weighted by molar-refractivity contribution is 0.100. The summed E-state index contributed by atoms with van der Waals surface area (Å²) in [5.41, 5.74) is 9.82. The van der Waals surface area contributed by atoms with E-state index in [4.69, 9.17) is 5.73 Å². The average molecular weight is 352 g/mol. The minimum atomic E-state index is -0.471. The minimum absolute atomic E-state index is 0.173. The van der Waals surface area contributed by atoms with E-state index in [0.717, 1.165) is 28.9 Å². The van der Waals surface area contributed by atoms with E-state index in [1.54, 1.807) is 16.9 Å². The number of nitrogens with two attached hydrogens (primary N) is 1. The fraction of sp³-hybridized carbons (Fsp3) is 0.421. The van der Waals surface area contributed by atoms with Crippen molar-refractivity contribution in [2.45, 2.75) is 39.2 Å². The Kier molecular flexibility index (Phi) is 3.75. The first kappa shape index (κ1) is 16.6. The molecule has 0 spiro atoms. The van der Waals surface area contributed by atoms with Crippen LogP contribution in [0.4, 0.5) is 5.69 Å². The second-order valence-electron chi connectivity index (χ2n) is 7.77. The van der Waals surface area contributed by atoms with Gasteiger partial charge in [0.25, 0.3) is 5.91 Å². The summed E-state index contributed by atoms with van der Waals surface area (Å²) in [6.45, 7) is 4.53. The van der Waals surface area contributed by atoms with Gasteiger partial charge >= 0.3 is 0 Å². The van der Waals surface area contributed by atoms with Crippen molar-refractivity contribution in [3.8, 4) is 11.3 Å². The van der Waals surface area contributed by atoms with Gasteiger partial charge in [0.15, 0.2) is 0 Å². The van der Waals surface area contributed by atoms with E-state index in [-0.39, 0.29) is 5.41 Å². The third kappa shape index (κ3) is 2.64. The van der Waals surface area contributed by atoms with E-state index >= 15 is 0 Å². The van der Waals surface area contributed by atoms with Crippen molar-refractivity contribution >= 4 is 17.1 Å². The Hall–Kier alpha value is -2.83. The first-order chi connectivity index (χ1) is 12.4. The van der Waals surface area contributed by atoms with Crippen LogP contribution in [0, 0.1) is 5.41 Å². The smallest absolute Gasteiger partial charge is 0.252 e. The zero-order chi connectivity index (χ0) is 18.5. The highest BCUT2D eigenvalue weighted by Gasteiger charge is 2.35. The van der Waals surface area contributed by atoms with Crippen LogP contribution in [0.5, 0.6) is 0 Å². The number of fused-ring (bicyclic) bond motifs is 1. The van der Waals surface area contributed by atoms with Gasteiger partial charge in [0, 0.05) is 31.0 Å². The molecule has 1 fully saturated rings. The Morgan fingerprint density at radius 3 is 2.81 bits per heavy atom. The van der Waals surface area contributed by atoms with Crippen LogP contribution in [-0.4, -0.2) is 31.3 Å². The number of nitrogens with one attached hydrogen (secondary N) is 1. The lowest BCUT2D eigenvalue weighted by atomic mass is 9.87. The van der Waals surface area contributed by atoms with Gasteiger partial charge in [-0.2, -0.15) is 10.2 Å². The number of amides is 1. The predicted octanol–water partition coefficient (Wildman–Crippen LogP) is 2.82. The summed E-state index contributed by atoms with van der Waals surface area (Å²) >= 11 is 0. The summed E-state index contributed by atoms with van der Waals surface area (Å²) in [5, 5.41) is 12.2. The third-order valence-electron chi connectivity index (χ3n) is 5.60. The molecule has 1 aliphatic carbocycles. The average Bonchev–Trinajstić information content (AvgIpc) is 3.26. The van der Waals surface area contributed by atoms with Crippen LogP contribution < -0.4 is 11.1 Å². The molecule has 0 radical (unpaired) electrons. The minimum Gasteiger partial charge on any atom is -0.379 e. The number of hydrogen-bond donors (Lipinski definition) is 2. The molecule has 3 N–H and O–H groups in total. The molecule has 0 saturated heterocycles. The van der Waals surface area contributed by atoms with E-state index < -0.39 is 5.91 Å². The molecule has 1 amide bonds. The third-order valence-corrected chi connectivity index (χ3v) is 5.60. The number of anilines is 1. The van der Waals surface area contributed by atoms with Gasteiger partial charge in [0.05, 0.1) is 28.7 Å². The molecule has 0 aliphatic heterocycles. The van der Waals surface area contributed by atoms with Crippen molar-refractivity contribution in [2.24, 2.45) is 18.2 Å². The predicted molar refractivity (Wildman–Crippen MR) is 101 cm³/mol. The summed E-state index contributed by atoms with van der Waals surface area (Å²) in [7, 11) is 1.90. The number of rotatable bonds is 4. The van der Waals surface area contributed by atoms with Crippen molar-refractivity contribution in [1.82, 2.24) is 19.4 Å². The summed E-state index contributed by atoms with van der Waals surface area (Å²) < 4.78 is 3.61. The maximum atomic E-state index is 12.0. The summed E-state index contributed by atoms with van der Waals surface area (Å²) in [6.07, 6.45) is 8.68. The molecular formula is C19H24N6O. The van der Waals surface area contributed by atoms with Crippen LogP contribution in [0.1, 0.15) is 43.5 Å². The Bertz CT molecular complexity index is 983. The number of carbonyl (C=O) groups is 1. The highest BCUT2D eigenvalue weighted by atomic mass is 16.1. The summed E-state index contributed by atoms with van der Waals surface area (Å²) in [4.78, 5) is 12.0. The zero-order valence-corrected chi connectivity index (χ0v) is 15.4. The Balaban J connectivity index is 1.85. The van der Waals surface area contributed by atoms with Crippen LogP contribution in [0.3, 0.4) is 0 Å². The molecule has 7 nitrogen and oxygen atoms in total. The molecule has 3 aromatic rings. The topological polar surface area (TPSA) is 90.2 Å². The van der Waals surface area contributed by atoms with Crippen molar-refractivity contribution in [3.05, 3.63) is 36.3 Å². The molecule has 136 valence electrons. The monoisotopic (exact) mass is 352 g/mol. The van der Waals surface area contributed by atoms with Crippen molar-refractivity contribution < 1.29 is 4.79 Å². The van der Waals surface area contributed by atoms with Crippen LogP contribution in [0.2, 0.25) is 0 Å². The largest absolute Gasteiger partial charge is 0.379 e. The molecule has 1 unspecified atom stereocenters. The summed E-state index contributed by atoms with van der Waals surface area (Å²) in [5.74, 6) is -0.471. The zero-order valence-electron chi connectivity index (χ0n) is 15.4. The van der Waals surface area contributed by atoms with Crippen LogP contribution in [0.15, 0.2) is 30.7 Å². The highest BCUT2D eigenvalue weighted by molar-refractivity contribution is 6.02. The Labute approximate surface area is 152 Å². The second-order valence-corrected chi connectivity index (χ2v) is 7.77. The van der Waals surface area contributed by atoms with E-state index in [0.29, 0.717) is 11.6 Å². The number of hydrogen-bond acceptors (Lipinski definition) is 4.